The van der Waals surface area contributed by atoms with Gasteiger partial charge in [-0.25, -0.2) is 0 Å². The van der Waals surface area contributed by atoms with Crippen molar-refractivity contribution in [2.45, 2.75) is 68.7 Å². The highest BCUT2D eigenvalue weighted by Gasteiger charge is 2.47. The number of benzene rings is 3. The number of piperidine rings is 1. The van der Waals surface area contributed by atoms with Crippen molar-refractivity contribution in [1.82, 2.24) is 15.5 Å². The number of carbonyl (C=O) groups excluding carboxylic acids is 3. The number of hydrogen-bond donors (Lipinski definition) is 3. The van der Waals surface area contributed by atoms with Crippen molar-refractivity contribution in [2.75, 3.05) is 25.9 Å². The van der Waals surface area contributed by atoms with Crippen molar-refractivity contribution < 1.29 is 14.4 Å². The molecule has 7 nitrogen and oxygen atoms in total. The molecule has 2 unspecified atom stereocenters. The fraction of sp³-hybridized carbons (Fsp3) is 0.457. The molecule has 43 heavy (non-hydrogen) atoms. The molecule has 3 aromatic rings. The van der Waals surface area contributed by atoms with Crippen LogP contribution >= 0.6 is 11.8 Å². The molecule has 0 radical (unpaired) electrons. The van der Waals surface area contributed by atoms with E-state index in [9.17, 15) is 14.4 Å². The maximum absolute atomic E-state index is 14.4. The molecule has 1 saturated heterocycles. The Labute approximate surface area is 259 Å². The molecular formula is C35H44N4O3S. The van der Waals surface area contributed by atoms with Gasteiger partial charge < -0.3 is 21.3 Å². The lowest BCUT2D eigenvalue weighted by Crippen LogP contribution is -2.59. The van der Waals surface area contributed by atoms with E-state index in [0.717, 1.165) is 34.7 Å². The Morgan fingerprint density at radius 2 is 1.72 bits per heavy atom. The van der Waals surface area contributed by atoms with E-state index >= 15 is 0 Å². The van der Waals surface area contributed by atoms with Gasteiger partial charge in [-0.2, -0.15) is 0 Å². The Morgan fingerprint density at radius 3 is 2.42 bits per heavy atom. The van der Waals surface area contributed by atoms with Crippen LogP contribution in [-0.2, 0) is 27.2 Å². The number of carbonyl (C=O) groups is 3. The summed E-state index contributed by atoms with van der Waals surface area (Å²) < 4.78 is -0.638. The van der Waals surface area contributed by atoms with Gasteiger partial charge in [-0.1, -0.05) is 72.8 Å². The third kappa shape index (κ3) is 6.91. The van der Waals surface area contributed by atoms with Crippen LogP contribution in [0.2, 0.25) is 0 Å². The van der Waals surface area contributed by atoms with E-state index in [1.165, 1.54) is 11.8 Å². The highest BCUT2D eigenvalue weighted by molar-refractivity contribution is 8.00. The van der Waals surface area contributed by atoms with E-state index in [2.05, 4.69) is 34.9 Å². The Kier molecular flexibility index (Phi) is 9.77. The molecule has 1 aliphatic heterocycles. The second-order valence-electron chi connectivity index (χ2n) is 12.3. The molecule has 3 aromatic carbocycles. The highest BCUT2D eigenvalue weighted by Crippen LogP contribution is 2.40. The molecule has 8 heteroatoms. The third-order valence-electron chi connectivity index (χ3n) is 9.27. The summed E-state index contributed by atoms with van der Waals surface area (Å²) in [4.78, 5) is 43.8. The zero-order valence-corrected chi connectivity index (χ0v) is 26.1. The van der Waals surface area contributed by atoms with E-state index < -0.39 is 16.2 Å². The minimum absolute atomic E-state index is 0.0206. The van der Waals surface area contributed by atoms with Crippen LogP contribution in [0.15, 0.2) is 72.8 Å². The molecule has 0 aromatic heterocycles. The maximum Gasteiger partial charge on any atom is 0.245 e. The van der Waals surface area contributed by atoms with E-state index in [4.69, 9.17) is 5.73 Å². The van der Waals surface area contributed by atoms with Crippen LogP contribution in [0.3, 0.4) is 0 Å². The molecule has 2 aliphatic rings. The first-order valence-corrected chi connectivity index (χ1v) is 16.7. The largest absolute Gasteiger partial charge is 0.356 e. The van der Waals surface area contributed by atoms with E-state index in [-0.39, 0.29) is 23.8 Å². The van der Waals surface area contributed by atoms with Crippen LogP contribution in [0, 0.1) is 5.41 Å². The Balaban J connectivity index is 1.44. The van der Waals surface area contributed by atoms with Gasteiger partial charge in [0.25, 0.3) is 0 Å². The van der Waals surface area contributed by atoms with Crippen molar-refractivity contribution >= 4 is 40.3 Å². The summed E-state index contributed by atoms with van der Waals surface area (Å²) in [5.41, 5.74) is 7.57. The number of likely N-dealkylation sites (tertiary alicyclic amines) is 1. The first-order chi connectivity index (χ1) is 20.8. The van der Waals surface area contributed by atoms with E-state index in [1.54, 1.807) is 0 Å². The lowest BCUT2D eigenvalue weighted by atomic mass is 9.74. The lowest BCUT2D eigenvalue weighted by molar-refractivity contribution is -0.144. The average Bonchev–Trinajstić information content (AvgIpc) is 3.43. The summed E-state index contributed by atoms with van der Waals surface area (Å²) in [6, 6.07) is 23.6. The number of amides is 3. The molecule has 1 aliphatic carbocycles. The van der Waals surface area contributed by atoms with Crippen molar-refractivity contribution in [2.24, 2.45) is 11.1 Å². The SMILES string of the molecule is CCNC(=O)C1(Cc2ccccc2)CCCN(C(=O)[C@@H](Cc2ccc3ccccc3c2)NC(=O)C2(SC)CC[C@H](N)C2)C1. The number of hydrogen-bond acceptors (Lipinski definition) is 5. The lowest BCUT2D eigenvalue weighted by Gasteiger charge is -2.43. The zero-order chi connectivity index (χ0) is 30.5. The van der Waals surface area contributed by atoms with Crippen LogP contribution in [-0.4, -0.2) is 65.3 Å². The van der Waals surface area contributed by atoms with E-state index in [1.807, 2.05) is 66.6 Å². The number of nitrogens with one attached hydrogen (secondary N) is 2. The van der Waals surface area contributed by atoms with E-state index in [0.29, 0.717) is 51.7 Å². The maximum atomic E-state index is 14.4. The minimum atomic E-state index is -0.753. The summed E-state index contributed by atoms with van der Waals surface area (Å²) in [6.07, 6.45) is 6.37. The monoisotopic (exact) mass is 600 g/mol. The molecule has 3 amide bonds. The fourth-order valence-electron chi connectivity index (χ4n) is 6.91. The van der Waals surface area contributed by atoms with Gasteiger partial charge in [-0.3, -0.25) is 14.4 Å². The fourth-order valence-corrected chi connectivity index (χ4v) is 7.85. The number of rotatable bonds is 10. The van der Waals surface area contributed by atoms with Crippen molar-refractivity contribution in [3.05, 3.63) is 83.9 Å². The molecule has 0 bridgehead atoms. The van der Waals surface area contributed by atoms with Crippen LogP contribution in [0.25, 0.3) is 10.8 Å². The van der Waals surface area contributed by atoms with Crippen LogP contribution in [0.1, 0.15) is 50.2 Å². The molecule has 4 N–H and O–H groups in total. The summed E-state index contributed by atoms with van der Waals surface area (Å²) in [6.45, 7) is 3.32. The van der Waals surface area contributed by atoms with Gasteiger partial charge in [0.15, 0.2) is 0 Å². The normalized spacial score (nSPS) is 24.4. The van der Waals surface area contributed by atoms with Crippen molar-refractivity contribution in [3.63, 3.8) is 0 Å². The van der Waals surface area contributed by atoms with Gasteiger partial charge in [0.1, 0.15) is 6.04 Å². The minimum Gasteiger partial charge on any atom is -0.356 e. The molecule has 5 rings (SSSR count). The van der Waals surface area contributed by atoms with Crippen molar-refractivity contribution in [1.29, 1.82) is 0 Å². The smallest absolute Gasteiger partial charge is 0.245 e. The van der Waals surface area contributed by atoms with Gasteiger partial charge in [0.2, 0.25) is 17.7 Å². The average molecular weight is 601 g/mol. The highest BCUT2D eigenvalue weighted by atomic mass is 32.2. The third-order valence-corrected chi connectivity index (χ3v) is 10.6. The van der Waals surface area contributed by atoms with Crippen molar-refractivity contribution in [3.8, 4) is 0 Å². The first-order valence-electron chi connectivity index (χ1n) is 15.5. The second kappa shape index (κ2) is 13.5. The number of thioether (sulfide) groups is 1. The Hall–Kier alpha value is -3.36. The number of fused-ring (bicyclic) bond motifs is 1. The quantitative estimate of drug-likeness (QED) is 0.319. The summed E-state index contributed by atoms with van der Waals surface area (Å²) in [7, 11) is 0. The molecule has 1 heterocycles. The first kappa shape index (κ1) is 31.1. The van der Waals surface area contributed by atoms with Gasteiger partial charge in [0.05, 0.1) is 10.2 Å². The molecule has 4 atom stereocenters. The summed E-state index contributed by atoms with van der Waals surface area (Å²) in [5.74, 6) is -0.280. The predicted molar refractivity (Wildman–Crippen MR) is 175 cm³/mol. The summed E-state index contributed by atoms with van der Waals surface area (Å²) in [5, 5.41) is 8.46. The van der Waals surface area contributed by atoms with Crippen LogP contribution < -0.4 is 16.4 Å². The van der Waals surface area contributed by atoms with Gasteiger partial charge in [-0.15, -0.1) is 11.8 Å². The topological polar surface area (TPSA) is 105 Å². The standard InChI is InChI=1S/C35H44N4O3S/c1-3-37-32(41)34(22-25-10-5-4-6-11-25)17-9-19-39(24-34)31(40)30(38-33(42)35(43-2)18-16-29(36)23-35)21-26-14-15-27-12-7-8-13-28(27)20-26/h4-8,10-15,20,29-30H,3,9,16-19,21-24,36H2,1-2H3,(H,37,41)(H,38,42)/t29-,30+,34?,35?/m0/s1. The van der Waals surface area contributed by atoms with Gasteiger partial charge in [0, 0.05) is 32.1 Å². The molecule has 2 fully saturated rings. The van der Waals surface area contributed by atoms with Gasteiger partial charge >= 0.3 is 0 Å². The Bertz CT molecular complexity index is 1450. The molecule has 1 saturated carbocycles. The van der Waals surface area contributed by atoms with Crippen LogP contribution in [0.4, 0.5) is 0 Å². The molecule has 0 spiro atoms. The molecule has 228 valence electrons. The number of nitrogens with two attached hydrogens (primary N) is 1. The zero-order valence-electron chi connectivity index (χ0n) is 25.3. The summed E-state index contributed by atoms with van der Waals surface area (Å²) >= 11 is 1.53. The second-order valence-corrected chi connectivity index (χ2v) is 13.5. The Morgan fingerprint density at radius 1 is 0.977 bits per heavy atom. The predicted octanol–water partition coefficient (Wildman–Crippen LogP) is 4.47. The number of nitrogens with zero attached hydrogens (tertiary/aromatic N) is 1. The molecular weight excluding hydrogens is 556 g/mol. The van der Waals surface area contributed by atoms with Gasteiger partial charge in [-0.05, 0) is 73.6 Å². The van der Waals surface area contributed by atoms with Crippen LogP contribution in [0.5, 0.6) is 0 Å².